The van der Waals surface area contributed by atoms with Crippen LogP contribution in [0.2, 0.25) is 0 Å². The van der Waals surface area contributed by atoms with Gasteiger partial charge in [0.05, 0.1) is 18.8 Å². The van der Waals surface area contributed by atoms with Crippen LogP contribution < -0.4 is 5.32 Å². The van der Waals surface area contributed by atoms with Crippen LogP contribution in [0.4, 0.5) is 0 Å². The minimum absolute atomic E-state index is 0.338. The molecular formula is C54H99NO5. The second kappa shape index (κ2) is 48.0. The Labute approximate surface area is 372 Å². The lowest BCUT2D eigenvalue weighted by atomic mass is 10.00. The summed E-state index contributed by atoms with van der Waals surface area (Å²) in [5.74, 6) is -0.613. The lowest BCUT2D eigenvalue weighted by molar-refractivity contribution is -0.132. The van der Waals surface area contributed by atoms with Gasteiger partial charge < -0.3 is 25.7 Å². The Morgan fingerprint density at radius 2 is 0.750 bits per heavy atom. The second-order valence-electron chi connectivity index (χ2n) is 17.5. The molecule has 0 aromatic heterocycles. The summed E-state index contributed by atoms with van der Waals surface area (Å²) < 4.78 is 0. The summed E-state index contributed by atoms with van der Waals surface area (Å²) in [4.78, 5) is 12.5. The molecule has 350 valence electrons. The first-order valence-corrected chi connectivity index (χ1v) is 25.7. The average Bonchev–Trinajstić information content (AvgIpc) is 3.25. The van der Waals surface area contributed by atoms with Crippen molar-refractivity contribution in [3.63, 3.8) is 0 Å². The van der Waals surface area contributed by atoms with E-state index < -0.39 is 36.9 Å². The maximum Gasteiger partial charge on any atom is 0.249 e. The first kappa shape index (κ1) is 58.0. The van der Waals surface area contributed by atoms with Crippen molar-refractivity contribution in [1.29, 1.82) is 0 Å². The Morgan fingerprint density at radius 3 is 1.18 bits per heavy atom. The number of carbonyl (C=O) groups excluding carboxylic acids is 1. The quantitative estimate of drug-likeness (QED) is 0.0238. The molecule has 60 heavy (non-hydrogen) atoms. The van der Waals surface area contributed by atoms with E-state index in [1.807, 2.05) is 0 Å². The van der Waals surface area contributed by atoms with Crippen LogP contribution >= 0.6 is 0 Å². The van der Waals surface area contributed by atoms with E-state index in [0.29, 0.717) is 19.3 Å². The van der Waals surface area contributed by atoms with E-state index in [4.69, 9.17) is 0 Å². The number of hydrogen-bond donors (Lipinski definition) is 5. The first-order chi connectivity index (χ1) is 29.5. The van der Waals surface area contributed by atoms with E-state index in [-0.39, 0.29) is 0 Å². The fourth-order valence-electron chi connectivity index (χ4n) is 7.60. The zero-order chi connectivity index (χ0) is 43.8. The van der Waals surface area contributed by atoms with Gasteiger partial charge in [0.25, 0.3) is 0 Å². The predicted octanol–water partition coefficient (Wildman–Crippen LogP) is 14.4. The van der Waals surface area contributed by atoms with Gasteiger partial charge in [-0.2, -0.15) is 0 Å². The van der Waals surface area contributed by atoms with Gasteiger partial charge in [-0.3, -0.25) is 4.79 Å². The molecule has 0 radical (unpaired) electrons. The Morgan fingerprint density at radius 1 is 0.417 bits per heavy atom. The van der Waals surface area contributed by atoms with Crippen molar-refractivity contribution < 1.29 is 25.2 Å². The summed E-state index contributed by atoms with van der Waals surface area (Å²) in [6.45, 7) is 4.00. The number of aliphatic hydroxyl groups excluding tert-OH is 4. The molecule has 0 saturated carbocycles. The molecule has 0 aromatic carbocycles. The van der Waals surface area contributed by atoms with Crippen LogP contribution in [-0.2, 0) is 4.79 Å². The number of rotatable bonds is 46. The molecule has 4 unspecified atom stereocenters. The molecule has 0 spiro atoms. The standard InChI is InChI=1S/C54H99NO5/c1-3-5-7-9-11-13-15-17-19-20-21-22-23-24-25-26-27-28-29-30-31-32-33-34-36-37-39-41-43-45-47-51(57)53(59)50(49-56)55-54(60)52(58)48-46-44-42-40-38-35-18-16-14-12-10-8-6-4-2/h12,14,16,18,29-30,33-34,39,41,50-53,56-59H,3-11,13,15,17,19-28,31-32,35-38,40,42-49H2,1-2H3,(H,55,60)/b14-12-,18-16-,30-29+,34-33+,41-39+. The second-order valence-corrected chi connectivity index (χ2v) is 17.5. The molecule has 0 aliphatic carbocycles. The molecule has 1 amide bonds. The average molecular weight is 842 g/mol. The summed E-state index contributed by atoms with van der Waals surface area (Å²) in [7, 11) is 0. The smallest absolute Gasteiger partial charge is 0.249 e. The zero-order valence-corrected chi connectivity index (χ0v) is 39.4. The molecule has 0 saturated heterocycles. The first-order valence-electron chi connectivity index (χ1n) is 25.7. The topological polar surface area (TPSA) is 110 Å². The van der Waals surface area contributed by atoms with Crippen molar-refractivity contribution in [2.75, 3.05) is 6.61 Å². The Balaban J connectivity index is 3.74. The van der Waals surface area contributed by atoms with Crippen LogP contribution in [0.1, 0.15) is 245 Å². The van der Waals surface area contributed by atoms with E-state index >= 15 is 0 Å². The van der Waals surface area contributed by atoms with Gasteiger partial charge in [0.2, 0.25) is 5.91 Å². The molecule has 0 heterocycles. The largest absolute Gasteiger partial charge is 0.394 e. The minimum atomic E-state index is -1.30. The molecule has 0 fully saturated rings. The zero-order valence-electron chi connectivity index (χ0n) is 39.4. The third-order valence-corrected chi connectivity index (χ3v) is 11.7. The van der Waals surface area contributed by atoms with Gasteiger partial charge in [0.15, 0.2) is 0 Å². The predicted molar refractivity (Wildman–Crippen MR) is 260 cm³/mol. The SMILES string of the molecule is CCCCC/C=C\C=C/CCCCCCCC(O)C(=O)NC(CO)C(O)C(O)CCC/C=C/CC/C=C/CC/C=C/CCCCCCCCCCCCCCCCCCC. The fraction of sp³-hybridized carbons (Fsp3) is 0.796. The van der Waals surface area contributed by atoms with Crippen LogP contribution in [-0.4, -0.2) is 57.3 Å². The number of nitrogens with one attached hydrogen (secondary N) is 1. The van der Waals surface area contributed by atoms with E-state index in [2.05, 4.69) is 79.9 Å². The molecule has 0 bridgehead atoms. The lowest BCUT2D eigenvalue weighted by Crippen LogP contribution is -2.53. The summed E-state index contributed by atoms with van der Waals surface area (Å²) in [5, 5.41) is 43.7. The molecule has 6 heteroatoms. The van der Waals surface area contributed by atoms with E-state index in [9.17, 15) is 25.2 Å². The van der Waals surface area contributed by atoms with Crippen molar-refractivity contribution >= 4 is 5.91 Å². The maximum absolute atomic E-state index is 12.5. The Kier molecular flexibility index (Phi) is 46.5. The third kappa shape index (κ3) is 41.4. The summed E-state index contributed by atoms with van der Waals surface area (Å²) in [5.41, 5.74) is 0. The van der Waals surface area contributed by atoms with E-state index in [1.54, 1.807) is 0 Å². The van der Waals surface area contributed by atoms with Crippen LogP contribution in [0, 0.1) is 0 Å². The Bertz CT molecular complexity index is 1040. The highest BCUT2D eigenvalue weighted by Gasteiger charge is 2.28. The third-order valence-electron chi connectivity index (χ3n) is 11.7. The van der Waals surface area contributed by atoms with Crippen molar-refractivity contribution in [3.8, 4) is 0 Å². The van der Waals surface area contributed by atoms with Gasteiger partial charge in [-0.1, -0.05) is 216 Å². The molecule has 6 nitrogen and oxygen atoms in total. The number of unbranched alkanes of at least 4 members (excludes halogenated alkanes) is 28. The fourth-order valence-corrected chi connectivity index (χ4v) is 7.60. The van der Waals surface area contributed by atoms with Crippen LogP contribution in [0.5, 0.6) is 0 Å². The summed E-state index contributed by atoms with van der Waals surface area (Å²) in [6.07, 6.45) is 61.4. The van der Waals surface area contributed by atoms with Gasteiger partial charge in [-0.05, 0) is 89.9 Å². The molecule has 5 N–H and O–H groups in total. The van der Waals surface area contributed by atoms with Crippen LogP contribution in [0.15, 0.2) is 60.8 Å². The number of carbonyl (C=O) groups is 1. The molecule has 0 aromatic rings. The van der Waals surface area contributed by atoms with Gasteiger partial charge in [0, 0.05) is 0 Å². The van der Waals surface area contributed by atoms with E-state index in [1.165, 1.54) is 135 Å². The number of hydrogen-bond acceptors (Lipinski definition) is 5. The van der Waals surface area contributed by atoms with Gasteiger partial charge in [0.1, 0.15) is 12.2 Å². The van der Waals surface area contributed by atoms with Crippen molar-refractivity contribution in [2.45, 2.75) is 269 Å². The maximum atomic E-state index is 12.5. The normalized spacial score (nSPS) is 14.4. The van der Waals surface area contributed by atoms with Crippen LogP contribution in [0.3, 0.4) is 0 Å². The summed E-state index contributed by atoms with van der Waals surface area (Å²) in [6, 6.07) is -1.02. The lowest BCUT2D eigenvalue weighted by Gasteiger charge is -2.27. The molecule has 0 aliphatic rings. The van der Waals surface area contributed by atoms with Crippen molar-refractivity contribution in [1.82, 2.24) is 5.32 Å². The van der Waals surface area contributed by atoms with Crippen molar-refractivity contribution in [3.05, 3.63) is 60.8 Å². The van der Waals surface area contributed by atoms with E-state index in [0.717, 1.165) is 77.0 Å². The number of amides is 1. The van der Waals surface area contributed by atoms with Gasteiger partial charge in [-0.25, -0.2) is 0 Å². The highest BCUT2D eigenvalue weighted by atomic mass is 16.3. The van der Waals surface area contributed by atoms with Crippen LogP contribution in [0.25, 0.3) is 0 Å². The minimum Gasteiger partial charge on any atom is -0.394 e. The Hall–Kier alpha value is -1.99. The molecule has 0 rings (SSSR count). The highest BCUT2D eigenvalue weighted by molar-refractivity contribution is 5.80. The van der Waals surface area contributed by atoms with Gasteiger partial charge in [-0.15, -0.1) is 0 Å². The number of allylic oxidation sites excluding steroid dienone is 10. The van der Waals surface area contributed by atoms with Crippen molar-refractivity contribution in [2.24, 2.45) is 0 Å². The summed E-state index contributed by atoms with van der Waals surface area (Å²) >= 11 is 0. The monoisotopic (exact) mass is 842 g/mol. The van der Waals surface area contributed by atoms with Gasteiger partial charge >= 0.3 is 0 Å². The molecule has 4 atom stereocenters. The molecule has 0 aliphatic heterocycles. The number of aliphatic hydroxyl groups is 4. The molecular weight excluding hydrogens is 743 g/mol. The highest BCUT2D eigenvalue weighted by Crippen LogP contribution is 2.16.